The Morgan fingerprint density at radius 1 is 1.19 bits per heavy atom. The zero-order valence-corrected chi connectivity index (χ0v) is 17.9. The number of ether oxygens (including phenoxy) is 2. The van der Waals surface area contributed by atoms with Gasteiger partial charge in [0.1, 0.15) is 17.5 Å². The van der Waals surface area contributed by atoms with Crippen LogP contribution in [0.25, 0.3) is 0 Å². The molecule has 7 nitrogen and oxygen atoms in total. The Hall–Kier alpha value is -3.35. The van der Waals surface area contributed by atoms with Gasteiger partial charge in [-0.2, -0.15) is 4.98 Å². The number of nitrogens with zero attached hydrogens (tertiary/aromatic N) is 3. The van der Waals surface area contributed by atoms with Crippen molar-refractivity contribution in [3.8, 4) is 11.5 Å². The van der Waals surface area contributed by atoms with Crippen LogP contribution in [0.15, 0.2) is 53.1 Å². The third-order valence-electron chi connectivity index (χ3n) is 5.42. The molecule has 0 aliphatic carbocycles. The molecule has 1 atom stereocenters. The summed E-state index contributed by atoms with van der Waals surface area (Å²) in [7, 11) is 1.62. The smallest absolute Gasteiger partial charge is 0.249 e. The van der Waals surface area contributed by atoms with Gasteiger partial charge in [-0.05, 0) is 55.2 Å². The lowest BCUT2D eigenvalue weighted by atomic mass is 10.1. The molecule has 2 aromatic carbocycles. The van der Waals surface area contributed by atoms with E-state index in [0.717, 1.165) is 35.5 Å². The molecule has 1 fully saturated rings. The fourth-order valence-corrected chi connectivity index (χ4v) is 3.85. The van der Waals surface area contributed by atoms with E-state index in [1.807, 2.05) is 60.4 Å². The third-order valence-corrected chi connectivity index (χ3v) is 5.42. The maximum atomic E-state index is 12.9. The van der Waals surface area contributed by atoms with Crippen molar-refractivity contribution in [3.63, 3.8) is 0 Å². The number of methoxy groups -OCH3 is 1. The van der Waals surface area contributed by atoms with Crippen LogP contribution in [0.5, 0.6) is 11.5 Å². The van der Waals surface area contributed by atoms with Gasteiger partial charge in [-0.1, -0.05) is 29.4 Å². The highest BCUT2D eigenvalue weighted by molar-refractivity contribution is 5.79. The molecule has 0 radical (unpaired) electrons. The van der Waals surface area contributed by atoms with E-state index in [-0.39, 0.29) is 11.9 Å². The lowest BCUT2D eigenvalue weighted by Gasteiger charge is -2.22. The summed E-state index contributed by atoms with van der Waals surface area (Å²) >= 11 is 0. The standard InChI is InChI=1S/C24H27N3O4/c1-17-6-3-9-20(14-17)30-13-11-22-25-24(31-26-22)21-10-5-12-27(21)23(28)16-18-7-4-8-19(15-18)29-2/h3-4,6-9,14-15,21H,5,10-13,16H2,1-2H3. The van der Waals surface area contributed by atoms with Crippen molar-refractivity contribution in [1.29, 1.82) is 0 Å². The molecule has 0 saturated carbocycles. The van der Waals surface area contributed by atoms with E-state index in [0.29, 0.717) is 37.7 Å². The first kappa shape index (κ1) is 20.9. The fourth-order valence-electron chi connectivity index (χ4n) is 3.85. The zero-order valence-electron chi connectivity index (χ0n) is 17.9. The van der Waals surface area contributed by atoms with Crippen LogP contribution in [0, 0.1) is 6.92 Å². The quantitative estimate of drug-likeness (QED) is 0.549. The predicted molar refractivity (Wildman–Crippen MR) is 115 cm³/mol. The molecule has 1 aromatic heterocycles. The first-order valence-electron chi connectivity index (χ1n) is 10.6. The second-order valence-corrected chi connectivity index (χ2v) is 7.74. The summed E-state index contributed by atoms with van der Waals surface area (Å²) in [5, 5.41) is 4.09. The SMILES string of the molecule is COc1cccc(CC(=O)N2CCCC2c2nc(CCOc3cccc(C)c3)no2)c1. The maximum absolute atomic E-state index is 12.9. The van der Waals surface area contributed by atoms with Crippen LogP contribution < -0.4 is 9.47 Å². The third kappa shape index (κ3) is 5.23. The molecule has 0 spiro atoms. The van der Waals surface area contributed by atoms with Crippen LogP contribution in [0.2, 0.25) is 0 Å². The number of rotatable bonds is 8. The van der Waals surface area contributed by atoms with Crippen molar-refractivity contribution in [1.82, 2.24) is 15.0 Å². The van der Waals surface area contributed by atoms with Crippen LogP contribution in [0.3, 0.4) is 0 Å². The molecule has 31 heavy (non-hydrogen) atoms. The molecule has 3 aromatic rings. The fraction of sp³-hybridized carbons (Fsp3) is 0.375. The Labute approximate surface area is 182 Å². The molecule has 0 N–H and O–H groups in total. The van der Waals surface area contributed by atoms with E-state index in [4.69, 9.17) is 14.0 Å². The number of aryl methyl sites for hydroxylation is 1. The van der Waals surface area contributed by atoms with Gasteiger partial charge in [-0.15, -0.1) is 0 Å². The van der Waals surface area contributed by atoms with Crippen LogP contribution in [-0.4, -0.2) is 41.2 Å². The van der Waals surface area contributed by atoms with E-state index in [1.54, 1.807) is 7.11 Å². The molecule has 1 unspecified atom stereocenters. The number of carbonyl (C=O) groups is 1. The lowest BCUT2D eigenvalue weighted by molar-refractivity contribution is -0.131. The Bertz CT molecular complexity index is 1030. The first-order chi connectivity index (χ1) is 15.1. The highest BCUT2D eigenvalue weighted by Gasteiger charge is 2.33. The molecule has 7 heteroatoms. The lowest BCUT2D eigenvalue weighted by Crippen LogP contribution is -2.32. The molecule has 1 aliphatic rings. The molecule has 1 amide bonds. The molecule has 1 saturated heterocycles. The molecule has 162 valence electrons. The highest BCUT2D eigenvalue weighted by atomic mass is 16.5. The number of likely N-dealkylation sites (tertiary alicyclic amines) is 1. The average molecular weight is 421 g/mol. The summed E-state index contributed by atoms with van der Waals surface area (Å²) in [5.41, 5.74) is 2.08. The molecular weight excluding hydrogens is 394 g/mol. The summed E-state index contributed by atoms with van der Waals surface area (Å²) in [4.78, 5) is 19.3. The number of benzene rings is 2. The van der Waals surface area contributed by atoms with Gasteiger partial charge in [0.2, 0.25) is 11.8 Å². The second-order valence-electron chi connectivity index (χ2n) is 7.74. The number of carbonyl (C=O) groups excluding carboxylic acids is 1. The number of aromatic nitrogens is 2. The average Bonchev–Trinajstić information content (AvgIpc) is 3.43. The second kappa shape index (κ2) is 9.64. The summed E-state index contributed by atoms with van der Waals surface area (Å²) in [5.74, 6) is 2.72. The topological polar surface area (TPSA) is 77.7 Å². The van der Waals surface area contributed by atoms with Crippen molar-refractivity contribution < 1.29 is 18.8 Å². The van der Waals surface area contributed by atoms with E-state index in [9.17, 15) is 4.79 Å². The zero-order chi connectivity index (χ0) is 21.6. The van der Waals surface area contributed by atoms with Crippen molar-refractivity contribution in [2.45, 2.75) is 38.6 Å². The van der Waals surface area contributed by atoms with Crippen LogP contribution >= 0.6 is 0 Å². The van der Waals surface area contributed by atoms with Crippen LogP contribution in [0.4, 0.5) is 0 Å². The van der Waals surface area contributed by atoms with E-state index < -0.39 is 0 Å². The van der Waals surface area contributed by atoms with Gasteiger partial charge in [0.25, 0.3) is 0 Å². The van der Waals surface area contributed by atoms with Crippen molar-refractivity contribution >= 4 is 5.91 Å². The van der Waals surface area contributed by atoms with Crippen molar-refractivity contribution in [2.24, 2.45) is 0 Å². The molecular formula is C24H27N3O4. The summed E-state index contributed by atoms with van der Waals surface area (Å²) < 4.78 is 16.5. The molecule has 4 rings (SSSR count). The number of hydrogen-bond acceptors (Lipinski definition) is 6. The van der Waals surface area contributed by atoms with Crippen molar-refractivity contribution in [3.05, 3.63) is 71.4 Å². The van der Waals surface area contributed by atoms with Crippen LogP contribution in [-0.2, 0) is 17.6 Å². The maximum Gasteiger partial charge on any atom is 0.249 e. The summed E-state index contributed by atoms with van der Waals surface area (Å²) in [6, 6.07) is 15.3. The van der Waals surface area contributed by atoms with Gasteiger partial charge < -0.3 is 18.9 Å². The largest absolute Gasteiger partial charge is 0.497 e. The van der Waals surface area contributed by atoms with Gasteiger partial charge in [0, 0.05) is 13.0 Å². The highest BCUT2D eigenvalue weighted by Crippen LogP contribution is 2.31. The van der Waals surface area contributed by atoms with Gasteiger partial charge in [-0.3, -0.25) is 4.79 Å². The Balaban J connectivity index is 1.35. The van der Waals surface area contributed by atoms with Gasteiger partial charge >= 0.3 is 0 Å². The predicted octanol–water partition coefficient (Wildman–Crippen LogP) is 3.91. The summed E-state index contributed by atoms with van der Waals surface area (Å²) in [6.07, 6.45) is 2.61. The Morgan fingerprint density at radius 3 is 2.87 bits per heavy atom. The van der Waals surface area contributed by atoms with E-state index in [2.05, 4.69) is 10.1 Å². The first-order valence-corrected chi connectivity index (χ1v) is 10.6. The summed E-state index contributed by atoms with van der Waals surface area (Å²) in [6.45, 7) is 3.19. The molecule has 0 bridgehead atoms. The van der Waals surface area contributed by atoms with Gasteiger partial charge in [0.05, 0.1) is 20.1 Å². The van der Waals surface area contributed by atoms with Gasteiger partial charge in [-0.25, -0.2) is 0 Å². The van der Waals surface area contributed by atoms with Crippen LogP contribution in [0.1, 0.15) is 41.7 Å². The normalized spacial score (nSPS) is 15.8. The number of hydrogen-bond donors (Lipinski definition) is 0. The minimum absolute atomic E-state index is 0.0540. The van der Waals surface area contributed by atoms with Crippen molar-refractivity contribution in [2.75, 3.05) is 20.3 Å². The minimum atomic E-state index is -0.169. The molecule has 2 heterocycles. The molecule has 1 aliphatic heterocycles. The Kier molecular flexibility index (Phi) is 6.50. The minimum Gasteiger partial charge on any atom is -0.497 e. The number of amides is 1. The van der Waals surface area contributed by atoms with E-state index in [1.165, 1.54) is 0 Å². The van der Waals surface area contributed by atoms with E-state index >= 15 is 0 Å². The van der Waals surface area contributed by atoms with Gasteiger partial charge in [0.15, 0.2) is 5.82 Å². The Morgan fingerprint density at radius 2 is 2.03 bits per heavy atom. The monoisotopic (exact) mass is 421 g/mol.